The number of Topliss-reactive ketones (excluding diaryl/α,β-unsaturated/α-hetero) is 1. The summed E-state index contributed by atoms with van der Waals surface area (Å²) in [7, 11) is 0. The van der Waals surface area contributed by atoms with Crippen molar-refractivity contribution in [3.63, 3.8) is 0 Å². The molecule has 0 aromatic carbocycles. The third-order valence-corrected chi connectivity index (χ3v) is 3.89. The average Bonchev–Trinajstić information content (AvgIpc) is 2.50. The summed E-state index contributed by atoms with van der Waals surface area (Å²) >= 11 is 1.55. The Morgan fingerprint density at radius 3 is 2.69 bits per heavy atom. The molecule has 2 nitrogen and oxygen atoms in total. The summed E-state index contributed by atoms with van der Waals surface area (Å²) in [5.74, 6) is 0.716. The van der Waals surface area contributed by atoms with Crippen molar-refractivity contribution in [2.24, 2.45) is 5.41 Å². The molecule has 0 N–H and O–H groups in total. The largest absolute Gasteiger partial charge is 0.294 e. The molecule has 1 aromatic heterocycles. The molecule has 0 aliphatic heterocycles. The van der Waals surface area contributed by atoms with Crippen molar-refractivity contribution in [3.05, 3.63) is 16.1 Å². The van der Waals surface area contributed by atoms with Gasteiger partial charge in [0.1, 0.15) is 0 Å². The molecule has 0 bridgehead atoms. The topological polar surface area (TPSA) is 30.0 Å². The Balaban J connectivity index is 2.20. The highest BCUT2D eigenvalue weighted by Gasteiger charge is 2.48. The summed E-state index contributed by atoms with van der Waals surface area (Å²) in [6.07, 6.45) is 2.91. The van der Waals surface area contributed by atoms with Gasteiger partial charge in [0.25, 0.3) is 0 Å². The van der Waals surface area contributed by atoms with Gasteiger partial charge in [0, 0.05) is 19.0 Å². The lowest BCUT2D eigenvalue weighted by Crippen LogP contribution is -1.87. The maximum Gasteiger partial charge on any atom is 0.171 e. The van der Waals surface area contributed by atoms with E-state index in [1.165, 1.54) is 6.42 Å². The van der Waals surface area contributed by atoms with Gasteiger partial charge >= 0.3 is 0 Å². The van der Waals surface area contributed by atoms with Crippen LogP contribution in [0, 0.1) is 5.41 Å². The fraction of sp³-hybridized carbons (Fsp3) is 0.600. The zero-order valence-corrected chi connectivity index (χ0v) is 8.94. The lowest BCUT2D eigenvalue weighted by molar-refractivity contribution is 0.102. The highest BCUT2D eigenvalue weighted by atomic mass is 32.1. The maximum absolute atomic E-state index is 11.0. The van der Waals surface area contributed by atoms with Crippen LogP contribution in [0.1, 0.15) is 47.8 Å². The predicted octanol–water partition coefficient (Wildman–Crippen LogP) is 2.86. The van der Waals surface area contributed by atoms with E-state index in [0.29, 0.717) is 11.3 Å². The van der Waals surface area contributed by atoms with E-state index in [1.54, 1.807) is 24.5 Å². The predicted molar refractivity (Wildman–Crippen MR) is 53.3 cm³/mol. The number of carbonyl (C=O) groups excluding carboxylic acids is 1. The van der Waals surface area contributed by atoms with Crippen LogP contribution in [0.25, 0.3) is 0 Å². The fourth-order valence-electron chi connectivity index (χ4n) is 1.50. The minimum atomic E-state index is 0.127. The molecular formula is C10H13NOS. The lowest BCUT2D eigenvalue weighted by atomic mass is 10.1. The standard InChI is InChI=1S/C10H13NOS/c1-6(12)8-5-11-9(13-8)7-4-10(7,2)3/h5,7H,4H2,1-3H3. The molecule has 1 saturated carbocycles. The molecule has 70 valence electrons. The molecule has 1 aromatic rings. The molecule has 1 unspecified atom stereocenters. The molecule has 1 fully saturated rings. The molecule has 1 atom stereocenters. The van der Waals surface area contributed by atoms with Crippen molar-refractivity contribution in [3.8, 4) is 0 Å². The summed E-state index contributed by atoms with van der Waals surface area (Å²) in [4.78, 5) is 16.1. The first-order valence-corrected chi connectivity index (χ1v) is 5.29. The van der Waals surface area contributed by atoms with Gasteiger partial charge in [-0.2, -0.15) is 0 Å². The van der Waals surface area contributed by atoms with Crippen molar-refractivity contribution in [1.82, 2.24) is 4.98 Å². The van der Waals surface area contributed by atoms with Gasteiger partial charge in [-0.1, -0.05) is 13.8 Å². The van der Waals surface area contributed by atoms with E-state index in [1.807, 2.05) is 0 Å². The number of hydrogen-bond acceptors (Lipinski definition) is 3. The first-order chi connectivity index (χ1) is 6.00. The first-order valence-electron chi connectivity index (χ1n) is 4.47. The van der Waals surface area contributed by atoms with Crippen LogP contribution in [0.5, 0.6) is 0 Å². The molecule has 0 saturated heterocycles. The van der Waals surface area contributed by atoms with Crippen LogP contribution in [0.2, 0.25) is 0 Å². The first kappa shape index (κ1) is 8.88. The van der Waals surface area contributed by atoms with Gasteiger partial charge in [-0.25, -0.2) is 4.98 Å². The molecule has 0 radical (unpaired) electrons. The van der Waals surface area contributed by atoms with Crippen LogP contribution in [-0.2, 0) is 0 Å². The highest BCUT2D eigenvalue weighted by Crippen LogP contribution is 2.59. The average molecular weight is 195 g/mol. The van der Waals surface area contributed by atoms with E-state index in [4.69, 9.17) is 0 Å². The summed E-state index contributed by atoms with van der Waals surface area (Å²) in [5, 5.41) is 1.13. The van der Waals surface area contributed by atoms with Gasteiger partial charge in [-0.15, -0.1) is 11.3 Å². The van der Waals surface area contributed by atoms with Crippen molar-refractivity contribution in [1.29, 1.82) is 0 Å². The van der Waals surface area contributed by atoms with Crippen molar-refractivity contribution in [2.75, 3.05) is 0 Å². The van der Waals surface area contributed by atoms with Gasteiger partial charge in [0.2, 0.25) is 0 Å². The second-order valence-electron chi connectivity index (χ2n) is 4.36. The second kappa shape index (κ2) is 2.64. The van der Waals surface area contributed by atoms with Gasteiger partial charge in [0.05, 0.1) is 9.88 Å². The Hall–Kier alpha value is -0.700. The third kappa shape index (κ3) is 1.53. The Labute approximate surface area is 82.0 Å². The SMILES string of the molecule is CC(=O)c1cnc(C2CC2(C)C)s1. The number of rotatable bonds is 2. The zero-order valence-electron chi connectivity index (χ0n) is 8.13. The van der Waals surface area contributed by atoms with E-state index in [-0.39, 0.29) is 5.78 Å². The zero-order chi connectivity index (χ0) is 9.64. The van der Waals surface area contributed by atoms with Crippen LogP contribution in [0.4, 0.5) is 0 Å². The number of nitrogens with zero attached hydrogens (tertiary/aromatic N) is 1. The lowest BCUT2D eigenvalue weighted by Gasteiger charge is -1.97. The van der Waals surface area contributed by atoms with Gasteiger partial charge in [-0.3, -0.25) is 4.79 Å². The summed E-state index contributed by atoms with van der Waals surface area (Å²) in [6.45, 7) is 6.08. The quantitative estimate of drug-likeness (QED) is 0.679. The molecule has 1 aliphatic rings. The minimum absolute atomic E-state index is 0.127. The van der Waals surface area contributed by atoms with Crippen LogP contribution >= 0.6 is 11.3 Å². The van der Waals surface area contributed by atoms with Gasteiger partial charge in [0.15, 0.2) is 5.78 Å². The number of thiazole rings is 1. The van der Waals surface area contributed by atoms with E-state index >= 15 is 0 Å². The van der Waals surface area contributed by atoms with Crippen molar-refractivity contribution >= 4 is 17.1 Å². The van der Waals surface area contributed by atoms with Crippen LogP contribution in [-0.4, -0.2) is 10.8 Å². The molecule has 0 amide bonds. The monoisotopic (exact) mass is 195 g/mol. The molecule has 13 heavy (non-hydrogen) atoms. The van der Waals surface area contributed by atoms with E-state index in [9.17, 15) is 4.79 Å². The molecule has 3 heteroatoms. The third-order valence-electron chi connectivity index (χ3n) is 2.68. The molecule has 1 heterocycles. The van der Waals surface area contributed by atoms with E-state index in [2.05, 4.69) is 18.8 Å². The molecule has 0 spiro atoms. The normalized spacial score (nSPS) is 24.4. The Morgan fingerprint density at radius 1 is 1.69 bits per heavy atom. The molecule has 1 aliphatic carbocycles. The van der Waals surface area contributed by atoms with Crippen LogP contribution < -0.4 is 0 Å². The van der Waals surface area contributed by atoms with E-state index in [0.717, 1.165) is 9.88 Å². The second-order valence-corrected chi connectivity index (χ2v) is 5.43. The summed E-state index contributed by atoms with van der Waals surface area (Å²) < 4.78 is 0. The van der Waals surface area contributed by atoms with Gasteiger partial charge in [-0.05, 0) is 11.8 Å². The Bertz CT molecular complexity index is 354. The smallest absolute Gasteiger partial charge is 0.171 e. The Kier molecular flexibility index (Phi) is 1.80. The van der Waals surface area contributed by atoms with Crippen LogP contribution in [0.15, 0.2) is 6.20 Å². The summed E-state index contributed by atoms with van der Waals surface area (Å²) in [6, 6.07) is 0. The Morgan fingerprint density at radius 2 is 2.31 bits per heavy atom. The minimum Gasteiger partial charge on any atom is -0.294 e. The molecule has 2 rings (SSSR count). The number of hydrogen-bond donors (Lipinski definition) is 0. The molecular weight excluding hydrogens is 182 g/mol. The number of carbonyl (C=O) groups is 1. The maximum atomic E-state index is 11.0. The van der Waals surface area contributed by atoms with Crippen molar-refractivity contribution in [2.45, 2.75) is 33.1 Å². The van der Waals surface area contributed by atoms with Gasteiger partial charge < -0.3 is 0 Å². The number of aromatic nitrogens is 1. The summed E-state index contributed by atoms with van der Waals surface area (Å²) in [5.41, 5.74) is 0.409. The van der Waals surface area contributed by atoms with Crippen molar-refractivity contribution < 1.29 is 4.79 Å². The highest BCUT2D eigenvalue weighted by molar-refractivity contribution is 7.13. The number of ketones is 1. The van der Waals surface area contributed by atoms with Crippen LogP contribution in [0.3, 0.4) is 0 Å². The fourth-order valence-corrected chi connectivity index (χ4v) is 2.62. The van der Waals surface area contributed by atoms with E-state index < -0.39 is 0 Å².